The van der Waals surface area contributed by atoms with Gasteiger partial charge in [-0.3, -0.25) is 10.00 Å². The highest BCUT2D eigenvalue weighted by atomic mass is 79.9. The van der Waals surface area contributed by atoms with Crippen LogP contribution in [0.1, 0.15) is 13.1 Å². The van der Waals surface area contributed by atoms with Gasteiger partial charge < -0.3 is 4.74 Å². The summed E-state index contributed by atoms with van der Waals surface area (Å²) in [6.45, 7) is 3.59. The first-order valence-corrected chi connectivity index (χ1v) is 4.95. The monoisotopic (exact) mass is 247 g/mol. The van der Waals surface area contributed by atoms with E-state index in [0.717, 1.165) is 11.0 Å². The third kappa shape index (κ3) is 3.46. The summed E-state index contributed by atoms with van der Waals surface area (Å²) in [5.74, 6) is 0. The van der Waals surface area contributed by atoms with E-state index in [2.05, 4.69) is 33.3 Å². The molecule has 13 heavy (non-hydrogen) atoms. The van der Waals surface area contributed by atoms with Crippen LogP contribution < -0.4 is 5.32 Å². The molecule has 0 saturated carbocycles. The van der Waals surface area contributed by atoms with Gasteiger partial charge in [0.25, 0.3) is 0 Å². The molecule has 1 N–H and O–H groups in total. The second kappa shape index (κ2) is 5.36. The lowest BCUT2D eigenvalue weighted by Crippen LogP contribution is -2.27. The quantitative estimate of drug-likeness (QED) is 0.800. The molecule has 1 rings (SSSR count). The van der Waals surface area contributed by atoms with Crippen LogP contribution in [0, 0.1) is 0 Å². The standard InChI is InChI=1S/C8H14BrN3O/c1-7(10-3-4-13-2)12-6-8(9)5-11-12/h5-7,10H,3-4H2,1-2H3. The van der Waals surface area contributed by atoms with Crippen molar-refractivity contribution in [2.24, 2.45) is 0 Å². The number of methoxy groups -OCH3 is 1. The lowest BCUT2D eigenvalue weighted by atomic mass is 10.5. The average molecular weight is 248 g/mol. The minimum atomic E-state index is 0.196. The van der Waals surface area contributed by atoms with E-state index < -0.39 is 0 Å². The van der Waals surface area contributed by atoms with E-state index in [-0.39, 0.29) is 6.17 Å². The Morgan fingerprint density at radius 1 is 1.77 bits per heavy atom. The summed E-state index contributed by atoms with van der Waals surface area (Å²) >= 11 is 3.35. The van der Waals surface area contributed by atoms with Crippen molar-refractivity contribution >= 4 is 15.9 Å². The Morgan fingerprint density at radius 2 is 2.54 bits per heavy atom. The van der Waals surface area contributed by atoms with Crippen molar-refractivity contribution in [3.8, 4) is 0 Å². The molecule has 1 unspecified atom stereocenters. The number of hydrogen-bond donors (Lipinski definition) is 1. The van der Waals surface area contributed by atoms with Gasteiger partial charge in [-0.05, 0) is 22.9 Å². The van der Waals surface area contributed by atoms with Gasteiger partial charge in [0.2, 0.25) is 0 Å². The molecule has 74 valence electrons. The number of rotatable bonds is 5. The van der Waals surface area contributed by atoms with E-state index in [1.165, 1.54) is 0 Å². The number of hydrogen-bond acceptors (Lipinski definition) is 3. The topological polar surface area (TPSA) is 39.1 Å². The summed E-state index contributed by atoms with van der Waals surface area (Å²) in [4.78, 5) is 0. The molecule has 4 nitrogen and oxygen atoms in total. The van der Waals surface area contributed by atoms with Gasteiger partial charge in [0.05, 0.1) is 23.4 Å². The molecule has 0 aromatic carbocycles. The van der Waals surface area contributed by atoms with Gasteiger partial charge in [-0.1, -0.05) is 0 Å². The van der Waals surface area contributed by atoms with Gasteiger partial charge in [-0.15, -0.1) is 0 Å². The number of nitrogens with zero attached hydrogens (tertiary/aromatic N) is 2. The molecular weight excluding hydrogens is 234 g/mol. The van der Waals surface area contributed by atoms with Crippen molar-refractivity contribution in [1.82, 2.24) is 15.1 Å². The summed E-state index contributed by atoms with van der Waals surface area (Å²) in [7, 11) is 1.69. The van der Waals surface area contributed by atoms with E-state index in [0.29, 0.717) is 6.61 Å². The Morgan fingerprint density at radius 3 is 3.08 bits per heavy atom. The maximum Gasteiger partial charge on any atom is 0.0986 e. The lowest BCUT2D eigenvalue weighted by Gasteiger charge is -2.13. The molecule has 1 atom stereocenters. The fraction of sp³-hybridized carbons (Fsp3) is 0.625. The summed E-state index contributed by atoms with van der Waals surface area (Å²) in [6, 6.07) is 0. The van der Waals surface area contributed by atoms with Crippen LogP contribution in [-0.2, 0) is 4.74 Å². The smallest absolute Gasteiger partial charge is 0.0986 e. The van der Waals surface area contributed by atoms with Gasteiger partial charge >= 0.3 is 0 Å². The van der Waals surface area contributed by atoms with E-state index in [4.69, 9.17) is 4.74 Å². The van der Waals surface area contributed by atoms with Crippen molar-refractivity contribution < 1.29 is 4.74 Å². The van der Waals surface area contributed by atoms with Crippen molar-refractivity contribution in [3.63, 3.8) is 0 Å². The molecule has 0 radical (unpaired) electrons. The fourth-order valence-electron chi connectivity index (χ4n) is 0.990. The zero-order chi connectivity index (χ0) is 9.68. The first kappa shape index (κ1) is 10.7. The molecule has 0 amide bonds. The zero-order valence-corrected chi connectivity index (χ0v) is 9.41. The van der Waals surface area contributed by atoms with Crippen LogP contribution in [0.2, 0.25) is 0 Å². The van der Waals surface area contributed by atoms with Crippen LogP contribution in [0.25, 0.3) is 0 Å². The minimum absolute atomic E-state index is 0.196. The van der Waals surface area contributed by atoms with Crippen molar-refractivity contribution in [2.75, 3.05) is 20.3 Å². The van der Waals surface area contributed by atoms with E-state index in [1.54, 1.807) is 13.3 Å². The van der Waals surface area contributed by atoms with Crippen LogP contribution >= 0.6 is 15.9 Å². The van der Waals surface area contributed by atoms with Crippen LogP contribution in [0.3, 0.4) is 0 Å². The maximum atomic E-state index is 4.93. The second-order valence-electron chi connectivity index (χ2n) is 2.76. The molecular formula is C8H14BrN3O. The van der Waals surface area contributed by atoms with Gasteiger partial charge in [-0.2, -0.15) is 5.10 Å². The Bertz CT molecular complexity index is 251. The molecule has 0 fully saturated rings. The molecule has 0 aliphatic rings. The summed E-state index contributed by atoms with van der Waals surface area (Å²) < 4.78 is 7.79. The SMILES string of the molecule is COCCNC(C)n1cc(Br)cn1. The summed E-state index contributed by atoms with van der Waals surface area (Å²) in [5.41, 5.74) is 0. The third-order valence-corrected chi connectivity index (χ3v) is 2.12. The first-order valence-electron chi connectivity index (χ1n) is 4.16. The highest BCUT2D eigenvalue weighted by Crippen LogP contribution is 2.09. The molecule has 5 heteroatoms. The van der Waals surface area contributed by atoms with Gasteiger partial charge in [0.1, 0.15) is 0 Å². The fourth-order valence-corrected chi connectivity index (χ4v) is 1.29. The number of nitrogens with one attached hydrogen (secondary N) is 1. The molecule has 1 heterocycles. The summed E-state index contributed by atoms with van der Waals surface area (Å²) in [6.07, 6.45) is 3.90. The van der Waals surface area contributed by atoms with Gasteiger partial charge in [0, 0.05) is 19.9 Å². The largest absolute Gasteiger partial charge is 0.383 e. The Balaban J connectivity index is 2.35. The predicted molar refractivity (Wildman–Crippen MR) is 54.5 cm³/mol. The van der Waals surface area contributed by atoms with E-state index >= 15 is 0 Å². The second-order valence-corrected chi connectivity index (χ2v) is 3.68. The van der Waals surface area contributed by atoms with Gasteiger partial charge in [0.15, 0.2) is 0 Å². The van der Waals surface area contributed by atoms with Crippen LogP contribution in [0.15, 0.2) is 16.9 Å². The maximum absolute atomic E-state index is 4.93. The molecule has 1 aromatic heterocycles. The Hall–Kier alpha value is -0.390. The lowest BCUT2D eigenvalue weighted by molar-refractivity contribution is 0.191. The number of halogens is 1. The number of aromatic nitrogens is 2. The van der Waals surface area contributed by atoms with Crippen LogP contribution in [0.4, 0.5) is 0 Å². The van der Waals surface area contributed by atoms with E-state index in [9.17, 15) is 0 Å². The number of ether oxygens (including phenoxy) is 1. The normalized spacial score (nSPS) is 13.2. The first-order chi connectivity index (χ1) is 6.24. The van der Waals surface area contributed by atoms with Gasteiger partial charge in [-0.25, -0.2) is 0 Å². The van der Waals surface area contributed by atoms with Crippen molar-refractivity contribution in [2.45, 2.75) is 13.1 Å². The molecule has 0 saturated heterocycles. The predicted octanol–water partition coefficient (Wildman–Crippen LogP) is 1.40. The Kier molecular flexibility index (Phi) is 4.41. The Labute approximate surface area is 86.4 Å². The van der Waals surface area contributed by atoms with Crippen LogP contribution in [-0.4, -0.2) is 30.0 Å². The average Bonchev–Trinajstić information content (AvgIpc) is 2.52. The highest BCUT2D eigenvalue weighted by molar-refractivity contribution is 9.10. The zero-order valence-electron chi connectivity index (χ0n) is 7.83. The van der Waals surface area contributed by atoms with Crippen LogP contribution in [0.5, 0.6) is 0 Å². The van der Waals surface area contributed by atoms with E-state index in [1.807, 2.05) is 10.9 Å². The van der Waals surface area contributed by atoms with Crippen molar-refractivity contribution in [3.05, 3.63) is 16.9 Å². The molecule has 0 aliphatic carbocycles. The molecule has 0 spiro atoms. The molecule has 1 aromatic rings. The third-order valence-electron chi connectivity index (χ3n) is 1.71. The highest BCUT2D eigenvalue weighted by Gasteiger charge is 2.03. The molecule has 0 bridgehead atoms. The van der Waals surface area contributed by atoms with Crippen molar-refractivity contribution in [1.29, 1.82) is 0 Å². The molecule has 0 aliphatic heterocycles. The minimum Gasteiger partial charge on any atom is -0.383 e. The summed E-state index contributed by atoms with van der Waals surface area (Å²) in [5, 5.41) is 7.43.